The van der Waals surface area contributed by atoms with E-state index >= 15 is 0 Å². The molecule has 0 aliphatic carbocycles. The van der Waals surface area contributed by atoms with E-state index in [1.165, 1.54) is 0 Å². The zero-order valence-electron chi connectivity index (χ0n) is 20.1. The molecule has 0 atom stereocenters. The van der Waals surface area contributed by atoms with Crippen molar-refractivity contribution in [3.8, 4) is 5.75 Å². The number of aryl methyl sites for hydroxylation is 1. The second-order valence-corrected chi connectivity index (χ2v) is 9.67. The van der Waals surface area contributed by atoms with Crippen molar-refractivity contribution < 1.29 is 19.1 Å². The van der Waals surface area contributed by atoms with Gasteiger partial charge >= 0.3 is 0 Å². The first-order chi connectivity index (χ1) is 18.0. The number of rotatable bonds is 7. The van der Waals surface area contributed by atoms with Gasteiger partial charge in [0.1, 0.15) is 18.9 Å². The topological polar surface area (TPSA) is 75.7 Å². The predicted octanol–water partition coefficient (Wildman–Crippen LogP) is 6.40. The van der Waals surface area contributed by atoms with Crippen LogP contribution in [0.15, 0.2) is 95.9 Å². The molecule has 184 valence electrons. The summed E-state index contributed by atoms with van der Waals surface area (Å²) in [6, 6.07) is 28.9. The van der Waals surface area contributed by atoms with Gasteiger partial charge in [-0.1, -0.05) is 72.3 Å². The molecule has 0 bridgehead atoms. The van der Waals surface area contributed by atoms with E-state index in [1.54, 1.807) is 18.2 Å². The van der Waals surface area contributed by atoms with Crippen LogP contribution < -0.4 is 10.1 Å². The van der Waals surface area contributed by atoms with Crippen LogP contribution in [-0.4, -0.2) is 28.5 Å². The lowest BCUT2D eigenvalue weighted by Crippen LogP contribution is -2.36. The van der Waals surface area contributed by atoms with Crippen LogP contribution in [0, 0.1) is 6.92 Å². The van der Waals surface area contributed by atoms with E-state index < -0.39 is 17.1 Å². The largest absolute Gasteiger partial charge is 0.489 e. The number of thioether (sulfide) groups is 1. The fourth-order valence-electron chi connectivity index (χ4n) is 4.04. The number of nitrogens with zero attached hydrogens (tertiary/aromatic N) is 1. The van der Waals surface area contributed by atoms with Gasteiger partial charge in [-0.25, -0.2) is 0 Å². The summed E-state index contributed by atoms with van der Waals surface area (Å²) in [6.07, 6.45) is 1.65. The van der Waals surface area contributed by atoms with Crippen molar-refractivity contribution in [1.29, 1.82) is 0 Å². The summed E-state index contributed by atoms with van der Waals surface area (Å²) in [7, 11) is 0. The third-order valence-electron chi connectivity index (χ3n) is 5.94. The maximum atomic E-state index is 12.9. The molecule has 4 aromatic rings. The van der Waals surface area contributed by atoms with Gasteiger partial charge in [0.2, 0.25) is 5.91 Å². The molecule has 1 N–H and O–H groups in total. The Morgan fingerprint density at radius 3 is 2.54 bits per heavy atom. The molecule has 5 rings (SSSR count). The van der Waals surface area contributed by atoms with Crippen LogP contribution in [0.4, 0.5) is 10.5 Å². The third kappa shape index (κ3) is 5.73. The van der Waals surface area contributed by atoms with E-state index in [9.17, 15) is 14.4 Å². The number of ether oxygens (including phenoxy) is 1. The maximum absolute atomic E-state index is 12.9. The number of hydrogen-bond donors (Lipinski definition) is 1. The first-order valence-electron chi connectivity index (χ1n) is 11.8. The minimum atomic E-state index is -0.490. The van der Waals surface area contributed by atoms with Crippen LogP contribution in [0.3, 0.4) is 0 Å². The Morgan fingerprint density at radius 2 is 1.70 bits per heavy atom. The Bertz CT molecular complexity index is 1520. The lowest BCUT2D eigenvalue weighted by molar-refractivity contribution is -0.127. The lowest BCUT2D eigenvalue weighted by atomic mass is 10.1. The van der Waals surface area contributed by atoms with Crippen molar-refractivity contribution in [2.45, 2.75) is 13.5 Å². The van der Waals surface area contributed by atoms with Crippen LogP contribution >= 0.6 is 11.8 Å². The quantitative estimate of drug-likeness (QED) is 0.292. The second kappa shape index (κ2) is 10.7. The fourth-order valence-corrected chi connectivity index (χ4v) is 4.88. The summed E-state index contributed by atoms with van der Waals surface area (Å²) in [6.45, 7) is 2.01. The fraction of sp³-hybridized carbons (Fsp3) is 0.100. The molecule has 0 aromatic heterocycles. The Hall–Kier alpha value is -4.36. The van der Waals surface area contributed by atoms with E-state index in [4.69, 9.17) is 4.74 Å². The molecule has 37 heavy (non-hydrogen) atoms. The van der Waals surface area contributed by atoms with E-state index in [1.807, 2.05) is 67.6 Å². The summed E-state index contributed by atoms with van der Waals surface area (Å²) >= 11 is 0.822. The Labute approximate surface area is 218 Å². The molecule has 1 saturated heterocycles. The second-order valence-electron chi connectivity index (χ2n) is 8.68. The molecular formula is C30H24N2O4S. The van der Waals surface area contributed by atoms with Gasteiger partial charge in [-0.2, -0.15) is 0 Å². The Morgan fingerprint density at radius 1 is 0.946 bits per heavy atom. The number of carbonyl (C=O) groups excluding carboxylic acids is 3. The van der Waals surface area contributed by atoms with Gasteiger partial charge in [0.25, 0.3) is 11.1 Å². The highest BCUT2D eigenvalue weighted by Gasteiger charge is 2.36. The molecular weight excluding hydrogens is 484 g/mol. The summed E-state index contributed by atoms with van der Waals surface area (Å²) in [5, 5.41) is 4.54. The van der Waals surface area contributed by atoms with Gasteiger partial charge in [0.05, 0.1) is 4.91 Å². The van der Waals surface area contributed by atoms with Crippen molar-refractivity contribution >= 4 is 51.4 Å². The van der Waals surface area contributed by atoms with Crippen molar-refractivity contribution in [3.05, 3.63) is 113 Å². The SMILES string of the molecule is Cc1ccc(NC(=O)CN2C(=O)S/C(=C/c3cccc(OCc4cccc5ccccc45)c3)C2=O)cc1. The smallest absolute Gasteiger partial charge is 0.294 e. The lowest BCUT2D eigenvalue weighted by Gasteiger charge is -2.12. The van der Waals surface area contributed by atoms with Crippen LogP contribution in [0.25, 0.3) is 16.8 Å². The molecule has 4 aromatic carbocycles. The molecule has 0 radical (unpaired) electrons. The zero-order chi connectivity index (χ0) is 25.8. The van der Waals surface area contributed by atoms with E-state index in [-0.39, 0.29) is 11.4 Å². The Kier molecular flexibility index (Phi) is 7.05. The van der Waals surface area contributed by atoms with Gasteiger partial charge in [0.15, 0.2) is 0 Å². The number of fused-ring (bicyclic) bond motifs is 1. The summed E-state index contributed by atoms with van der Waals surface area (Å²) in [5.41, 5.74) is 3.48. The first-order valence-corrected chi connectivity index (χ1v) is 12.6. The molecule has 1 heterocycles. The number of benzene rings is 4. The third-order valence-corrected chi connectivity index (χ3v) is 6.85. The van der Waals surface area contributed by atoms with Crippen molar-refractivity contribution in [3.63, 3.8) is 0 Å². The summed E-state index contributed by atoms with van der Waals surface area (Å²) < 4.78 is 6.04. The van der Waals surface area contributed by atoms with Crippen molar-refractivity contribution in [2.75, 3.05) is 11.9 Å². The van der Waals surface area contributed by atoms with Gasteiger partial charge in [-0.05, 0) is 70.9 Å². The van der Waals surface area contributed by atoms with E-state index in [0.29, 0.717) is 18.0 Å². The van der Waals surface area contributed by atoms with E-state index in [2.05, 4.69) is 23.5 Å². The number of imide groups is 1. The van der Waals surface area contributed by atoms with Gasteiger partial charge in [0, 0.05) is 5.69 Å². The number of nitrogens with one attached hydrogen (secondary N) is 1. The van der Waals surface area contributed by atoms with Gasteiger partial charge < -0.3 is 10.1 Å². The molecule has 3 amide bonds. The van der Waals surface area contributed by atoms with Crippen molar-refractivity contribution in [1.82, 2.24) is 4.90 Å². The van der Waals surface area contributed by atoms with Crippen molar-refractivity contribution in [2.24, 2.45) is 0 Å². The molecule has 0 unspecified atom stereocenters. The monoisotopic (exact) mass is 508 g/mol. The number of anilines is 1. The number of carbonyl (C=O) groups is 3. The van der Waals surface area contributed by atoms with E-state index in [0.717, 1.165) is 44.1 Å². The zero-order valence-corrected chi connectivity index (χ0v) is 21.0. The highest BCUT2D eigenvalue weighted by Crippen LogP contribution is 2.32. The normalized spacial score (nSPS) is 14.4. The predicted molar refractivity (Wildman–Crippen MR) is 147 cm³/mol. The van der Waals surface area contributed by atoms with Gasteiger partial charge in [-0.3, -0.25) is 19.3 Å². The maximum Gasteiger partial charge on any atom is 0.294 e. The van der Waals surface area contributed by atoms with Crippen LogP contribution in [0.1, 0.15) is 16.7 Å². The van der Waals surface area contributed by atoms with Crippen LogP contribution in [-0.2, 0) is 16.2 Å². The molecule has 1 aliphatic rings. The molecule has 6 nitrogen and oxygen atoms in total. The van der Waals surface area contributed by atoms with Crippen LogP contribution in [0.5, 0.6) is 5.75 Å². The summed E-state index contributed by atoms with van der Waals surface area (Å²) in [4.78, 5) is 39.0. The molecule has 1 aliphatic heterocycles. The summed E-state index contributed by atoms with van der Waals surface area (Å²) in [5.74, 6) is -0.272. The molecule has 0 saturated carbocycles. The molecule has 0 spiro atoms. The number of amides is 3. The standard InChI is InChI=1S/C30H24N2O4S/c1-20-12-14-24(15-13-20)31-28(33)18-32-29(34)27(37-30(32)35)17-21-6-4-10-25(16-21)36-19-23-9-5-8-22-7-2-3-11-26(22)23/h2-17H,18-19H2,1H3,(H,31,33)/b27-17+. The Balaban J connectivity index is 1.25. The highest BCUT2D eigenvalue weighted by molar-refractivity contribution is 8.18. The van der Waals surface area contributed by atoms with Crippen LogP contribution in [0.2, 0.25) is 0 Å². The average molecular weight is 509 g/mol. The van der Waals surface area contributed by atoms with Gasteiger partial charge in [-0.15, -0.1) is 0 Å². The first kappa shape index (κ1) is 24.3. The minimum Gasteiger partial charge on any atom is -0.489 e. The highest BCUT2D eigenvalue weighted by atomic mass is 32.2. The number of hydrogen-bond acceptors (Lipinski definition) is 5. The molecule has 7 heteroatoms. The molecule has 1 fully saturated rings. The minimum absolute atomic E-state index is 0.263. The average Bonchev–Trinajstić information content (AvgIpc) is 3.16.